The number of nitrogens with one attached hydrogen (secondary N) is 1. The molecule has 0 saturated heterocycles. The summed E-state index contributed by atoms with van der Waals surface area (Å²) >= 11 is 0. The standard InChI is InChI=1S/C15H17FN2/c1-3-17-10-12-8-13(16)4-5-15(12)14-6-7-18-9-11(14)2/h4-9,17H,3,10H2,1-2H3. The molecule has 0 atom stereocenters. The van der Waals surface area contributed by atoms with E-state index in [2.05, 4.69) is 10.3 Å². The number of hydrogen-bond acceptors (Lipinski definition) is 2. The summed E-state index contributed by atoms with van der Waals surface area (Å²) in [5.74, 6) is -0.196. The number of nitrogens with zero attached hydrogens (tertiary/aromatic N) is 1. The van der Waals surface area contributed by atoms with Crippen molar-refractivity contribution >= 4 is 0 Å². The lowest BCUT2D eigenvalue weighted by Crippen LogP contribution is -2.12. The van der Waals surface area contributed by atoms with Gasteiger partial charge in [-0.2, -0.15) is 0 Å². The molecular weight excluding hydrogens is 227 g/mol. The molecule has 0 unspecified atom stereocenters. The van der Waals surface area contributed by atoms with Gasteiger partial charge in [0.1, 0.15) is 5.82 Å². The van der Waals surface area contributed by atoms with Crippen molar-refractivity contribution in [3.63, 3.8) is 0 Å². The van der Waals surface area contributed by atoms with Gasteiger partial charge in [-0.15, -0.1) is 0 Å². The van der Waals surface area contributed by atoms with E-state index in [-0.39, 0.29) is 5.82 Å². The predicted octanol–water partition coefficient (Wildman–Crippen LogP) is 3.31. The lowest BCUT2D eigenvalue weighted by Gasteiger charge is -2.12. The van der Waals surface area contributed by atoms with Crippen molar-refractivity contribution in [1.29, 1.82) is 0 Å². The van der Waals surface area contributed by atoms with Crippen LogP contribution in [0.5, 0.6) is 0 Å². The van der Waals surface area contributed by atoms with Gasteiger partial charge in [0.2, 0.25) is 0 Å². The van der Waals surface area contributed by atoms with E-state index in [0.717, 1.165) is 28.8 Å². The van der Waals surface area contributed by atoms with Crippen LogP contribution in [0.3, 0.4) is 0 Å². The number of benzene rings is 1. The molecule has 0 aliphatic rings. The molecule has 0 bridgehead atoms. The van der Waals surface area contributed by atoms with Crippen molar-refractivity contribution in [2.75, 3.05) is 6.54 Å². The van der Waals surface area contributed by atoms with E-state index >= 15 is 0 Å². The number of hydrogen-bond donors (Lipinski definition) is 1. The highest BCUT2D eigenvalue weighted by Crippen LogP contribution is 2.26. The SMILES string of the molecule is CCNCc1cc(F)ccc1-c1ccncc1C. The summed E-state index contributed by atoms with van der Waals surface area (Å²) in [6, 6.07) is 6.91. The van der Waals surface area contributed by atoms with Gasteiger partial charge in [-0.05, 0) is 53.9 Å². The Morgan fingerprint density at radius 1 is 1.22 bits per heavy atom. The van der Waals surface area contributed by atoms with Crippen LogP contribution in [0, 0.1) is 12.7 Å². The van der Waals surface area contributed by atoms with Crippen molar-refractivity contribution in [3.05, 3.63) is 53.6 Å². The van der Waals surface area contributed by atoms with Crippen molar-refractivity contribution in [1.82, 2.24) is 10.3 Å². The van der Waals surface area contributed by atoms with Gasteiger partial charge in [-0.25, -0.2) is 4.39 Å². The van der Waals surface area contributed by atoms with Gasteiger partial charge >= 0.3 is 0 Å². The fourth-order valence-corrected chi connectivity index (χ4v) is 2.01. The summed E-state index contributed by atoms with van der Waals surface area (Å²) in [5.41, 5.74) is 4.25. The zero-order valence-corrected chi connectivity index (χ0v) is 10.7. The molecule has 3 heteroatoms. The third kappa shape index (κ3) is 2.74. The molecule has 0 radical (unpaired) electrons. The summed E-state index contributed by atoms with van der Waals surface area (Å²) in [7, 11) is 0. The van der Waals surface area contributed by atoms with Crippen LogP contribution in [0.4, 0.5) is 4.39 Å². The molecule has 1 heterocycles. The van der Waals surface area contributed by atoms with Crippen LogP contribution in [-0.4, -0.2) is 11.5 Å². The summed E-state index contributed by atoms with van der Waals surface area (Å²) in [6.07, 6.45) is 3.60. The number of aromatic nitrogens is 1. The largest absolute Gasteiger partial charge is 0.313 e. The van der Waals surface area contributed by atoms with Gasteiger partial charge in [0, 0.05) is 18.9 Å². The van der Waals surface area contributed by atoms with Crippen LogP contribution in [0.2, 0.25) is 0 Å². The fourth-order valence-electron chi connectivity index (χ4n) is 2.01. The zero-order valence-electron chi connectivity index (χ0n) is 10.7. The topological polar surface area (TPSA) is 24.9 Å². The second-order valence-corrected chi connectivity index (χ2v) is 4.27. The van der Waals surface area contributed by atoms with Gasteiger partial charge < -0.3 is 5.32 Å². The Morgan fingerprint density at radius 2 is 2.06 bits per heavy atom. The smallest absolute Gasteiger partial charge is 0.123 e. The van der Waals surface area contributed by atoms with Gasteiger partial charge in [0.15, 0.2) is 0 Å². The lowest BCUT2D eigenvalue weighted by molar-refractivity contribution is 0.622. The van der Waals surface area contributed by atoms with Crippen molar-refractivity contribution in [2.45, 2.75) is 20.4 Å². The molecule has 2 rings (SSSR count). The lowest BCUT2D eigenvalue weighted by atomic mass is 9.97. The summed E-state index contributed by atoms with van der Waals surface area (Å²) in [6.45, 7) is 5.59. The summed E-state index contributed by atoms with van der Waals surface area (Å²) in [4.78, 5) is 4.09. The molecule has 1 aromatic carbocycles. The Bertz CT molecular complexity index is 538. The first-order valence-electron chi connectivity index (χ1n) is 6.12. The van der Waals surface area contributed by atoms with Crippen molar-refractivity contribution in [2.24, 2.45) is 0 Å². The quantitative estimate of drug-likeness (QED) is 0.892. The first-order valence-corrected chi connectivity index (χ1v) is 6.12. The molecule has 1 aromatic heterocycles. The van der Waals surface area contributed by atoms with Crippen LogP contribution in [0.25, 0.3) is 11.1 Å². The van der Waals surface area contributed by atoms with E-state index in [4.69, 9.17) is 0 Å². The molecule has 0 fully saturated rings. The first kappa shape index (κ1) is 12.7. The van der Waals surface area contributed by atoms with E-state index in [1.807, 2.05) is 32.2 Å². The highest BCUT2D eigenvalue weighted by Gasteiger charge is 2.08. The minimum Gasteiger partial charge on any atom is -0.313 e. The van der Waals surface area contributed by atoms with Crippen LogP contribution < -0.4 is 5.32 Å². The number of pyridine rings is 1. The molecule has 0 amide bonds. The zero-order chi connectivity index (χ0) is 13.0. The molecular formula is C15H17FN2. The summed E-state index contributed by atoms with van der Waals surface area (Å²) < 4.78 is 13.4. The average molecular weight is 244 g/mol. The molecule has 18 heavy (non-hydrogen) atoms. The van der Waals surface area contributed by atoms with Crippen LogP contribution >= 0.6 is 0 Å². The maximum absolute atomic E-state index is 13.4. The maximum atomic E-state index is 13.4. The third-order valence-electron chi connectivity index (χ3n) is 2.94. The number of halogens is 1. The number of rotatable bonds is 4. The van der Waals surface area contributed by atoms with E-state index in [0.29, 0.717) is 6.54 Å². The van der Waals surface area contributed by atoms with E-state index in [1.165, 1.54) is 6.07 Å². The Labute approximate surface area is 107 Å². The Hall–Kier alpha value is -1.74. The van der Waals surface area contributed by atoms with Crippen LogP contribution in [0.1, 0.15) is 18.1 Å². The van der Waals surface area contributed by atoms with Gasteiger partial charge in [-0.3, -0.25) is 4.98 Å². The molecule has 0 aliphatic carbocycles. The minimum atomic E-state index is -0.196. The molecule has 2 nitrogen and oxygen atoms in total. The van der Waals surface area contributed by atoms with Crippen LogP contribution in [-0.2, 0) is 6.54 Å². The monoisotopic (exact) mass is 244 g/mol. The van der Waals surface area contributed by atoms with E-state index in [9.17, 15) is 4.39 Å². The van der Waals surface area contributed by atoms with Gasteiger partial charge in [-0.1, -0.05) is 13.0 Å². The highest BCUT2D eigenvalue weighted by molar-refractivity contribution is 5.70. The maximum Gasteiger partial charge on any atom is 0.123 e. The van der Waals surface area contributed by atoms with Crippen LogP contribution in [0.15, 0.2) is 36.7 Å². The molecule has 2 aromatic rings. The van der Waals surface area contributed by atoms with Crippen molar-refractivity contribution in [3.8, 4) is 11.1 Å². The van der Waals surface area contributed by atoms with E-state index < -0.39 is 0 Å². The Kier molecular flexibility index (Phi) is 4.05. The van der Waals surface area contributed by atoms with Crippen molar-refractivity contribution < 1.29 is 4.39 Å². The highest BCUT2D eigenvalue weighted by atomic mass is 19.1. The predicted molar refractivity (Wildman–Crippen MR) is 71.7 cm³/mol. The van der Waals surface area contributed by atoms with Gasteiger partial charge in [0.25, 0.3) is 0 Å². The minimum absolute atomic E-state index is 0.196. The molecule has 1 N–H and O–H groups in total. The Morgan fingerprint density at radius 3 is 2.78 bits per heavy atom. The molecule has 0 aliphatic heterocycles. The Balaban J connectivity index is 2.46. The second-order valence-electron chi connectivity index (χ2n) is 4.27. The fraction of sp³-hybridized carbons (Fsp3) is 0.267. The molecule has 0 spiro atoms. The van der Waals surface area contributed by atoms with Gasteiger partial charge in [0.05, 0.1) is 0 Å². The summed E-state index contributed by atoms with van der Waals surface area (Å²) in [5, 5.41) is 3.24. The number of aryl methyl sites for hydroxylation is 1. The third-order valence-corrected chi connectivity index (χ3v) is 2.94. The molecule has 0 saturated carbocycles. The first-order chi connectivity index (χ1) is 8.72. The van der Waals surface area contributed by atoms with E-state index in [1.54, 1.807) is 12.3 Å². The molecule has 94 valence electrons. The normalized spacial score (nSPS) is 10.6. The second kappa shape index (κ2) is 5.74. The average Bonchev–Trinajstić information content (AvgIpc) is 2.37.